The number of anilines is 1. The normalized spacial score (nSPS) is 15.7. The van der Waals surface area contributed by atoms with Crippen molar-refractivity contribution in [2.45, 2.75) is 44.6 Å². The first-order valence-corrected chi connectivity index (χ1v) is 12.5. The van der Waals surface area contributed by atoms with Crippen LogP contribution in [0.2, 0.25) is 0 Å². The van der Waals surface area contributed by atoms with Gasteiger partial charge in [0.2, 0.25) is 5.82 Å². The average Bonchev–Trinajstić information content (AvgIpc) is 3.47. The van der Waals surface area contributed by atoms with Gasteiger partial charge in [0.15, 0.2) is 11.5 Å². The fraction of sp³-hybridized carbons (Fsp3) is 0.321. The summed E-state index contributed by atoms with van der Waals surface area (Å²) in [5.41, 5.74) is 2.79. The monoisotopic (exact) mass is 499 g/mol. The summed E-state index contributed by atoms with van der Waals surface area (Å²) < 4.78 is 11.8. The Morgan fingerprint density at radius 1 is 0.973 bits per heavy atom. The average molecular weight is 500 g/mol. The van der Waals surface area contributed by atoms with Crippen molar-refractivity contribution in [3.8, 4) is 11.5 Å². The Balaban J connectivity index is 1.29. The van der Waals surface area contributed by atoms with Gasteiger partial charge >= 0.3 is 0 Å². The molecule has 2 heterocycles. The molecule has 1 fully saturated rings. The predicted molar refractivity (Wildman–Crippen MR) is 139 cm³/mol. The van der Waals surface area contributed by atoms with E-state index in [0.29, 0.717) is 23.5 Å². The van der Waals surface area contributed by atoms with Crippen LogP contribution >= 0.6 is 0 Å². The molecule has 1 saturated carbocycles. The third kappa shape index (κ3) is 5.77. The topological polar surface area (TPSA) is 106 Å². The summed E-state index contributed by atoms with van der Waals surface area (Å²) in [6.45, 7) is 0.535. The van der Waals surface area contributed by atoms with Crippen LogP contribution in [0.15, 0.2) is 66.0 Å². The second-order valence-corrected chi connectivity index (χ2v) is 9.07. The zero-order valence-electron chi connectivity index (χ0n) is 20.7. The highest BCUT2D eigenvalue weighted by atomic mass is 16.5. The molecule has 2 amide bonds. The third-order valence-electron chi connectivity index (χ3n) is 6.51. The van der Waals surface area contributed by atoms with Crippen molar-refractivity contribution < 1.29 is 19.1 Å². The number of rotatable bonds is 7. The smallest absolute Gasteiger partial charge is 0.293 e. The number of nitrogens with one attached hydrogen (secondary N) is 1. The van der Waals surface area contributed by atoms with Gasteiger partial charge in [0.05, 0.1) is 18.9 Å². The second kappa shape index (κ2) is 11.2. The van der Waals surface area contributed by atoms with Gasteiger partial charge in [0.25, 0.3) is 11.8 Å². The minimum Gasteiger partial charge on any atom is -0.493 e. The number of carbonyl (C=O) groups is 2. The minimum absolute atomic E-state index is 0.0770. The number of benzene rings is 2. The number of methoxy groups -OCH3 is 1. The Morgan fingerprint density at radius 3 is 2.46 bits per heavy atom. The Kier molecular flexibility index (Phi) is 7.39. The molecule has 9 heteroatoms. The molecule has 1 aromatic heterocycles. The minimum atomic E-state index is -0.416. The maximum absolute atomic E-state index is 13.2. The number of hydrazone groups is 1. The summed E-state index contributed by atoms with van der Waals surface area (Å²) >= 11 is 0. The van der Waals surface area contributed by atoms with E-state index in [1.54, 1.807) is 37.4 Å². The summed E-state index contributed by atoms with van der Waals surface area (Å²) in [5, 5.41) is 8.93. The van der Waals surface area contributed by atoms with E-state index in [1.807, 2.05) is 18.2 Å². The zero-order valence-corrected chi connectivity index (χ0v) is 20.7. The summed E-state index contributed by atoms with van der Waals surface area (Å²) in [4.78, 5) is 33.3. The molecule has 5 rings (SSSR count). The Bertz CT molecular complexity index is 1290. The SMILES string of the molecule is COc1ccc(C2=NN(C(=O)c3ccc(NC(=O)c4ncccn4)cc3)CCC2)cc1OC1CCCC1. The van der Waals surface area contributed by atoms with Crippen LogP contribution in [-0.2, 0) is 0 Å². The molecule has 2 aromatic carbocycles. The Morgan fingerprint density at radius 2 is 1.73 bits per heavy atom. The van der Waals surface area contributed by atoms with Crippen LogP contribution in [-0.4, -0.2) is 52.3 Å². The van der Waals surface area contributed by atoms with Gasteiger partial charge in [-0.3, -0.25) is 9.59 Å². The maximum atomic E-state index is 13.2. The van der Waals surface area contributed by atoms with Crippen molar-refractivity contribution in [1.82, 2.24) is 15.0 Å². The zero-order chi connectivity index (χ0) is 25.6. The third-order valence-corrected chi connectivity index (χ3v) is 6.51. The highest BCUT2D eigenvalue weighted by Gasteiger charge is 2.23. The van der Waals surface area contributed by atoms with Gasteiger partial charge < -0.3 is 14.8 Å². The van der Waals surface area contributed by atoms with Crippen LogP contribution in [0.5, 0.6) is 11.5 Å². The number of carbonyl (C=O) groups excluding carboxylic acids is 2. The summed E-state index contributed by atoms with van der Waals surface area (Å²) in [7, 11) is 1.64. The van der Waals surface area contributed by atoms with Crippen molar-refractivity contribution >= 4 is 23.2 Å². The molecule has 0 saturated heterocycles. The molecule has 0 bridgehead atoms. The van der Waals surface area contributed by atoms with Crippen LogP contribution in [0, 0.1) is 0 Å². The number of ether oxygens (including phenoxy) is 2. The number of amides is 2. The molecular weight excluding hydrogens is 470 g/mol. The van der Waals surface area contributed by atoms with Crippen molar-refractivity contribution in [2.24, 2.45) is 5.10 Å². The molecule has 0 unspecified atom stereocenters. The molecule has 0 radical (unpaired) electrons. The van der Waals surface area contributed by atoms with Gasteiger partial charge in [-0.25, -0.2) is 15.0 Å². The van der Waals surface area contributed by atoms with Gasteiger partial charge in [0.1, 0.15) is 0 Å². The fourth-order valence-corrected chi connectivity index (χ4v) is 4.57. The van der Waals surface area contributed by atoms with Crippen molar-refractivity contribution in [2.75, 3.05) is 19.0 Å². The van der Waals surface area contributed by atoms with E-state index in [1.165, 1.54) is 30.2 Å². The van der Waals surface area contributed by atoms with E-state index in [-0.39, 0.29) is 17.8 Å². The quantitative estimate of drug-likeness (QED) is 0.505. The summed E-state index contributed by atoms with van der Waals surface area (Å²) in [5.74, 6) is 0.883. The molecule has 0 atom stereocenters. The summed E-state index contributed by atoms with van der Waals surface area (Å²) in [6, 6.07) is 14.2. The largest absolute Gasteiger partial charge is 0.493 e. The van der Waals surface area contributed by atoms with Crippen LogP contribution in [0.4, 0.5) is 5.69 Å². The van der Waals surface area contributed by atoms with Crippen LogP contribution < -0.4 is 14.8 Å². The lowest BCUT2D eigenvalue weighted by Gasteiger charge is -2.24. The highest BCUT2D eigenvalue weighted by Crippen LogP contribution is 2.33. The molecule has 2 aliphatic rings. The van der Waals surface area contributed by atoms with Gasteiger partial charge in [0, 0.05) is 35.8 Å². The maximum Gasteiger partial charge on any atom is 0.293 e. The summed E-state index contributed by atoms with van der Waals surface area (Å²) in [6.07, 6.45) is 9.28. The van der Waals surface area contributed by atoms with Gasteiger partial charge in [-0.15, -0.1) is 0 Å². The van der Waals surface area contributed by atoms with Crippen molar-refractivity contribution in [1.29, 1.82) is 0 Å². The first-order valence-electron chi connectivity index (χ1n) is 12.5. The predicted octanol–water partition coefficient (Wildman–Crippen LogP) is 4.70. The van der Waals surface area contributed by atoms with Crippen molar-refractivity contribution in [3.63, 3.8) is 0 Å². The molecular formula is C28H29N5O4. The molecule has 9 nitrogen and oxygen atoms in total. The van der Waals surface area contributed by atoms with E-state index in [4.69, 9.17) is 9.47 Å². The van der Waals surface area contributed by atoms with Crippen LogP contribution in [0.3, 0.4) is 0 Å². The first-order chi connectivity index (χ1) is 18.1. The molecule has 1 N–H and O–H groups in total. The highest BCUT2D eigenvalue weighted by molar-refractivity contribution is 6.04. The van der Waals surface area contributed by atoms with Gasteiger partial charge in [-0.05, 0) is 87.1 Å². The molecule has 1 aliphatic carbocycles. The molecule has 1 aliphatic heterocycles. The number of nitrogens with zero attached hydrogens (tertiary/aromatic N) is 4. The molecule has 190 valence electrons. The van der Waals surface area contributed by atoms with E-state index in [0.717, 1.165) is 42.7 Å². The van der Waals surface area contributed by atoms with E-state index in [2.05, 4.69) is 20.4 Å². The lowest BCUT2D eigenvalue weighted by Crippen LogP contribution is -2.32. The van der Waals surface area contributed by atoms with Crippen molar-refractivity contribution in [3.05, 3.63) is 77.9 Å². The molecule has 0 spiro atoms. The van der Waals surface area contributed by atoms with Gasteiger partial charge in [-0.1, -0.05) is 0 Å². The molecule has 37 heavy (non-hydrogen) atoms. The molecule has 3 aromatic rings. The lowest BCUT2D eigenvalue weighted by atomic mass is 10.0. The number of aromatic nitrogens is 2. The van der Waals surface area contributed by atoms with E-state index < -0.39 is 5.91 Å². The first kappa shape index (κ1) is 24.4. The Hall–Kier alpha value is -4.27. The number of hydrogen-bond donors (Lipinski definition) is 1. The van der Waals surface area contributed by atoms with Gasteiger partial charge in [-0.2, -0.15) is 5.10 Å². The van der Waals surface area contributed by atoms with Crippen LogP contribution in [0.1, 0.15) is 65.1 Å². The van der Waals surface area contributed by atoms with Crippen LogP contribution in [0.25, 0.3) is 0 Å². The second-order valence-electron chi connectivity index (χ2n) is 9.07. The number of hydrogen-bond acceptors (Lipinski definition) is 7. The fourth-order valence-electron chi connectivity index (χ4n) is 4.57. The van der Waals surface area contributed by atoms with E-state index in [9.17, 15) is 9.59 Å². The van der Waals surface area contributed by atoms with E-state index >= 15 is 0 Å². The Labute approximate surface area is 215 Å². The lowest BCUT2D eigenvalue weighted by molar-refractivity contribution is 0.0751. The standard InChI is InChI=1S/C28H29N5O4/c1-36-24-14-11-20(18-25(24)37-22-6-2-3-7-22)23-8-4-17-33(32-23)28(35)19-9-12-21(13-10-19)31-27(34)26-29-15-5-16-30-26/h5,9-16,18,22H,2-4,6-8,17H2,1H3,(H,31,34).